The van der Waals surface area contributed by atoms with Gasteiger partial charge in [0.25, 0.3) is 0 Å². The van der Waals surface area contributed by atoms with Crippen molar-refractivity contribution in [2.24, 2.45) is 0 Å². The van der Waals surface area contributed by atoms with Crippen molar-refractivity contribution in [1.29, 1.82) is 0 Å². The Bertz CT molecular complexity index is 1920. The van der Waals surface area contributed by atoms with Crippen LogP contribution in [-0.4, -0.2) is 73.6 Å². The van der Waals surface area contributed by atoms with Crippen molar-refractivity contribution in [1.82, 2.24) is 0 Å². The lowest BCUT2D eigenvalue weighted by Crippen LogP contribution is -2.22. The average Bonchev–Trinajstić information content (AvgIpc) is 3.07. The van der Waals surface area contributed by atoms with Gasteiger partial charge in [0.1, 0.15) is 0 Å². The van der Waals surface area contributed by atoms with Crippen LogP contribution >= 0.6 is 59.4 Å². The minimum Gasteiger partial charge on any atom is -0.481 e. The lowest BCUT2D eigenvalue weighted by atomic mass is 9.84. The highest BCUT2D eigenvalue weighted by Crippen LogP contribution is 2.38. The lowest BCUT2D eigenvalue weighted by Gasteiger charge is -2.21. The molecule has 0 saturated heterocycles. The van der Waals surface area contributed by atoms with Crippen LogP contribution in [0, 0.1) is 0 Å². The third-order valence-corrected chi connectivity index (χ3v) is 9.79. The van der Waals surface area contributed by atoms with E-state index in [0.29, 0.717) is 20.9 Å². The van der Waals surface area contributed by atoms with E-state index in [1.807, 2.05) is 0 Å². The molecule has 6 rings (SSSR count). The zero-order valence-electron chi connectivity index (χ0n) is 24.8. The monoisotopic (exact) mass is 756 g/mol. The third-order valence-electron chi connectivity index (χ3n) is 6.80. The van der Waals surface area contributed by atoms with Gasteiger partial charge in [-0.15, -0.1) is 23.5 Å². The highest BCUT2D eigenvalue weighted by molar-refractivity contribution is 8.00. The highest BCUT2D eigenvalue weighted by Gasteiger charge is 2.34. The number of aliphatic carboxylic acids is 3. The van der Waals surface area contributed by atoms with Gasteiger partial charge in [-0.1, -0.05) is 71.7 Å². The molecule has 3 N–H and O–H groups in total. The molecular weight excluding hydrogens is 735 g/mol. The quantitative estimate of drug-likeness (QED) is 0.102. The number of carboxylic acids is 3. The van der Waals surface area contributed by atoms with Crippen LogP contribution in [0.25, 0.3) is 0 Å². The van der Waals surface area contributed by atoms with Crippen LogP contribution in [0.5, 0.6) is 0 Å². The summed E-state index contributed by atoms with van der Waals surface area (Å²) in [7, 11) is 0. The van der Waals surface area contributed by atoms with E-state index in [2.05, 4.69) is 12.6 Å². The fourth-order valence-electron chi connectivity index (χ4n) is 4.86. The van der Waals surface area contributed by atoms with E-state index < -0.39 is 17.9 Å². The number of thioether (sulfide) groups is 2. The van der Waals surface area contributed by atoms with E-state index in [1.54, 1.807) is 60.7 Å². The Hall–Kier alpha value is -4.40. The van der Waals surface area contributed by atoms with Gasteiger partial charge in [0, 0.05) is 43.2 Å². The Balaban J connectivity index is 0.000000203. The summed E-state index contributed by atoms with van der Waals surface area (Å²) in [5, 5.41) is 26.0. The normalized spacial score (nSPS) is 12.2. The molecule has 0 unspecified atom stereocenters. The average molecular weight is 758 g/mol. The summed E-state index contributed by atoms with van der Waals surface area (Å²) in [6, 6.07) is 19.2. The number of halogens is 2. The highest BCUT2D eigenvalue weighted by atomic mass is 35.5. The van der Waals surface area contributed by atoms with Crippen molar-refractivity contribution < 1.29 is 48.9 Å². The first kappa shape index (κ1) is 37.4. The summed E-state index contributed by atoms with van der Waals surface area (Å²) in [6.07, 6.45) is 0. The summed E-state index contributed by atoms with van der Waals surface area (Å²) in [4.78, 5) is 82.4. The molecule has 0 aliphatic heterocycles. The van der Waals surface area contributed by atoms with Gasteiger partial charge < -0.3 is 15.3 Å². The second-order valence-corrected chi connectivity index (χ2v) is 13.1. The van der Waals surface area contributed by atoms with Crippen molar-refractivity contribution in [3.05, 3.63) is 127 Å². The Morgan fingerprint density at radius 1 is 0.510 bits per heavy atom. The first-order valence-electron chi connectivity index (χ1n) is 13.8. The maximum Gasteiger partial charge on any atom is 0.313 e. The number of benzene rings is 4. The largest absolute Gasteiger partial charge is 0.481 e. The molecule has 49 heavy (non-hydrogen) atoms. The van der Waals surface area contributed by atoms with Gasteiger partial charge in [0.15, 0.2) is 23.1 Å². The topological polar surface area (TPSA) is 180 Å². The zero-order chi connectivity index (χ0) is 36.0. The van der Waals surface area contributed by atoms with Crippen LogP contribution in [0.15, 0.2) is 82.6 Å². The number of hydrogen-bond donors (Lipinski definition) is 4. The molecule has 4 aromatic carbocycles. The molecule has 4 aromatic rings. The van der Waals surface area contributed by atoms with Gasteiger partial charge in [-0.25, -0.2) is 0 Å². The Morgan fingerprint density at radius 2 is 0.796 bits per heavy atom. The molecule has 0 saturated carbocycles. The van der Waals surface area contributed by atoms with Crippen LogP contribution < -0.4 is 0 Å². The van der Waals surface area contributed by atoms with Gasteiger partial charge >= 0.3 is 17.9 Å². The second-order valence-electron chi connectivity index (χ2n) is 9.92. The maximum atomic E-state index is 13.0. The molecule has 0 fully saturated rings. The van der Waals surface area contributed by atoms with E-state index in [1.165, 1.54) is 12.1 Å². The number of thiol groups is 1. The summed E-state index contributed by atoms with van der Waals surface area (Å²) in [5.41, 5.74) is 1.98. The summed E-state index contributed by atoms with van der Waals surface area (Å²) in [5.74, 6) is -4.68. The second kappa shape index (κ2) is 16.3. The predicted octanol–water partition coefficient (Wildman–Crippen LogP) is 6.59. The molecule has 15 heteroatoms. The van der Waals surface area contributed by atoms with Crippen LogP contribution in [0.4, 0.5) is 0 Å². The van der Waals surface area contributed by atoms with Crippen LogP contribution in [0.2, 0.25) is 10.0 Å². The van der Waals surface area contributed by atoms with Crippen LogP contribution in [0.1, 0.15) is 63.7 Å². The molecule has 2 aliphatic carbocycles. The van der Waals surface area contributed by atoms with Gasteiger partial charge in [-0.2, -0.15) is 12.6 Å². The van der Waals surface area contributed by atoms with Gasteiger partial charge in [0.05, 0.1) is 38.4 Å². The number of fused-ring (bicyclic) bond motifs is 4. The van der Waals surface area contributed by atoms with E-state index in [-0.39, 0.29) is 83.8 Å². The first-order chi connectivity index (χ1) is 23.3. The number of carbonyl (C=O) groups excluding carboxylic acids is 4. The van der Waals surface area contributed by atoms with E-state index in [0.717, 1.165) is 23.5 Å². The van der Waals surface area contributed by atoms with Crippen molar-refractivity contribution in [2.75, 3.05) is 17.3 Å². The Labute approximate surface area is 302 Å². The molecule has 0 radical (unpaired) electrons. The summed E-state index contributed by atoms with van der Waals surface area (Å²) >= 11 is 17.4. The third kappa shape index (κ3) is 8.26. The maximum absolute atomic E-state index is 13.0. The Kier molecular flexibility index (Phi) is 12.5. The lowest BCUT2D eigenvalue weighted by molar-refractivity contribution is -0.134. The molecule has 0 aromatic heterocycles. The minimum absolute atomic E-state index is 0.0833. The van der Waals surface area contributed by atoms with Crippen molar-refractivity contribution >= 4 is 100 Å². The molecule has 250 valence electrons. The fraction of sp³-hybridized carbons (Fsp3) is 0.0882. The number of hydrogen-bond acceptors (Lipinski definition) is 10. The number of carbonyl (C=O) groups is 7. The van der Waals surface area contributed by atoms with Crippen LogP contribution in [0.3, 0.4) is 0 Å². The standard InChI is InChI=1S/C18H12O6S2.C14H6Cl2O2.C2H4O2S/c19-13(20)7-25-11-5-1-3-9-15(11)18(24)10-4-2-6-12(16(10)17(9)23)26-8-14(21)22;15-9-5-1-3-7-11(9)14(18)8-4-2-6-10(16)12(8)13(7)17;3-2(4)1-5/h1-6H,7-8H2,(H,19,20)(H,21,22);1-6H;5H,1H2,(H,3,4). The van der Waals surface area contributed by atoms with Gasteiger partial charge in [0.2, 0.25) is 0 Å². The number of rotatable bonds is 7. The van der Waals surface area contributed by atoms with Crippen molar-refractivity contribution in [3.63, 3.8) is 0 Å². The van der Waals surface area contributed by atoms with E-state index in [9.17, 15) is 33.6 Å². The molecule has 10 nitrogen and oxygen atoms in total. The summed E-state index contributed by atoms with van der Waals surface area (Å²) < 4.78 is 0. The summed E-state index contributed by atoms with van der Waals surface area (Å²) in [6.45, 7) is 0. The van der Waals surface area contributed by atoms with Crippen molar-refractivity contribution in [3.8, 4) is 0 Å². The molecule has 0 amide bonds. The Morgan fingerprint density at radius 3 is 1.10 bits per heavy atom. The molecule has 2 aliphatic rings. The van der Waals surface area contributed by atoms with Crippen molar-refractivity contribution in [2.45, 2.75) is 9.79 Å². The zero-order valence-corrected chi connectivity index (χ0v) is 28.8. The van der Waals surface area contributed by atoms with Crippen LogP contribution in [-0.2, 0) is 14.4 Å². The molecule has 0 atom stereocenters. The first-order valence-corrected chi connectivity index (χ1v) is 17.2. The smallest absolute Gasteiger partial charge is 0.313 e. The SMILES string of the molecule is O=C(O)CS.O=C(O)CSc1cccc2c1C(=O)c1cccc(SCC(=O)O)c1C2=O.O=C1c2cccc(Cl)c2C(=O)c2cccc(Cl)c21. The van der Waals surface area contributed by atoms with E-state index >= 15 is 0 Å². The minimum atomic E-state index is -1.02. The van der Waals surface area contributed by atoms with Gasteiger partial charge in [-0.05, 0) is 24.3 Å². The fourth-order valence-corrected chi connectivity index (χ4v) is 6.98. The van der Waals surface area contributed by atoms with E-state index in [4.69, 9.17) is 38.5 Å². The molecule has 0 spiro atoms. The number of ketones is 4. The molecule has 0 bridgehead atoms. The molecular formula is C34H22Cl2O10S3. The number of carboxylic acid groups (broad SMARTS) is 3. The van der Waals surface area contributed by atoms with Gasteiger partial charge in [-0.3, -0.25) is 33.6 Å². The predicted molar refractivity (Wildman–Crippen MR) is 188 cm³/mol. The molecule has 0 heterocycles.